The van der Waals surface area contributed by atoms with Gasteiger partial charge in [0.15, 0.2) is 0 Å². The van der Waals surface area contributed by atoms with Crippen LogP contribution in [0.3, 0.4) is 0 Å². The lowest BCUT2D eigenvalue weighted by molar-refractivity contribution is 0.0981. The van der Waals surface area contributed by atoms with Crippen LogP contribution in [0.15, 0.2) is 41.3 Å². The van der Waals surface area contributed by atoms with Crippen molar-refractivity contribution in [2.45, 2.75) is 25.7 Å². The number of aryl methyl sites for hydroxylation is 3. The van der Waals surface area contributed by atoms with Crippen LogP contribution in [-0.2, 0) is 10.0 Å². The Morgan fingerprint density at radius 1 is 0.957 bits per heavy atom. The lowest BCUT2D eigenvalue weighted by atomic mass is 10.1. The molecule has 0 aliphatic carbocycles. The van der Waals surface area contributed by atoms with E-state index in [9.17, 15) is 13.2 Å². The van der Waals surface area contributed by atoms with Crippen LogP contribution < -0.4 is 9.46 Å². The summed E-state index contributed by atoms with van der Waals surface area (Å²) in [7, 11) is -2.42. The average Bonchev–Trinajstić information content (AvgIpc) is 2.49. The predicted octanol–water partition coefficient (Wildman–Crippen LogP) is 2.74. The zero-order valence-corrected chi connectivity index (χ0v) is 14.3. The van der Waals surface area contributed by atoms with Gasteiger partial charge in [-0.1, -0.05) is 12.1 Å². The molecule has 1 N–H and O–H groups in total. The molecule has 0 unspecified atom stereocenters. The van der Waals surface area contributed by atoms with Crippen LogP contribution in [0.5, 0.6) is 5.75 Å². The maximum absolute atomic E-state index is 12.3. The first-order valence-corrected chi connectivity index (χ1v) is 8.52. The molecule has 0 saturated carbocycles. The molecule has 0 aliphatic heterocycles. The molecule has 0 aromatic heterocycles. The van der Waals surface area contributed by atoms with Crippen molar-refractivity contribution in [3.8, 4) is 5.75 Å². The molecule has 2 aromatic rings. The van der Waals surface area contributed by atoms with Crippen LogP contribution in [0.1, 0.15) is 27.0 Å². The van der Waals surface area contributed by atoms with Gasteiger partial charge in [-0.3, -0.25) is 4.79 Å². The number of benzene rings is 2. The summed E-state index contributed by atoms with van der Waals surface area (Å²) in [6.07, 6.45) is 0. The second-order valence-electron chi connectivity index (χ2n) is 5.37. The number of nitrogens with one attached hydrogen (secondary N) is 1. The van der Waals surface area contributed by atoms with Gasteiger partial charge in [-0.15, -0.1) is 0 Å². The van der Waals surface area contributed by atoms with E-state index < -0.39 is 15.9 Å². The summed E-state index contributed by atoms with van der Waals surface area (Å²) in [6, 6.07) is 9.51. The van der Waals surface area contributed by atoms with Crippen molar-refractivity contribution in [1.82, 2.24) is 4.72 Å². The first kappa shape index (κ1) is 17.0. The van der Waals surface area contributed by atoms with E-state index in [1.807, 2.05) is 20.8 Å². The summed E-state index contributed by atoms with van der Waals surface area (Å²) < 4.78 is 31.9. The van der Waals surface area contributed by atoms with Gasteiger partial charge in [-0.25, -0.2) is 13.1 Å². The molecule has 0 radical (unpaired) electrons. The Balaban J connectivity index is 2.29. The maximum atomic E-state index is 12.3. The van der Waals surface area contributed by atoms with Crippen molar-refractivity contribution in [3.05, 3.63) is 58.7 Å². The number of ether oxygens (including phenoxy) is 1. The third kappa shape index (κ3) is 3.71. The summed E-state index contributed by atoms with van der Waals surface area (Å²) >= 11 is 0. The molecule has 0 aliphatic rings. The fraction of sp³-hybridized carbons (Fsp3) is 0.235. The summed E-state index contributed by atoms with van der Waals surface area (Å²) in [5.41, 5.74) is 2.91. The molecule has 0 heterocycles. The molecule has 0 spiro atoms. The second kappa shape index (κ2) is 6.42. The fourth-order valence-electron chi connectivity index (χ4n) is 2.08. The van der Waals surface area contributed by atoms with Gasteiger partial charge in [0.2, 0.25) is 0 Å². The Labute approximate surface area is 136 Å². The number of methoxy groups -OCH3 is 1. The Morgan fingerprint density at radius 2 is 1.61 bits per heavy atom. The number of carbonyl (C=O) groups excluding carboxylic acids is 1. The molecule has 0 saturated heterocycles. The maximum Gasteiger partial charge on any atom is 0.265 e. The molecule has 2 rings (SSSR count). The van der Waals surface area contributed by atoms with Gasteiger partial charge in [0.05, 0.1) is 12.0 Å². The van der Waals surface area contributed by atoms with Crippen molar-refractivity contribution in [1.29, 1.82) is 0 Å². The number of carbonyl (C=O) groups is 1. The quantitative estimate of drug-likeness (QED) is 0.934. The second-order valence-corrected chi connectivity index (χ2v) is 7.05. The minimum absolute atomic E-state index is 0.0630. The van der Waals surface area contributed by atoms with E-state index in [0.717, 1.165) is 16.7 Å². The van der Waals surface area contributed by atoms with Crippen LogP contribution in [0.4, 0.5) is 0 Å². The molecule has 2 aromatic carbocycles. The van der Waals surface area contributed by atoms with E-state index in [2.05, 4.69) is 4.72 Å². The predicted molar refractivity (Wildman–Crippen MR) is 88.3 cm³/mol. The molecular weight excluding hydrogens is 314 g/mol. The highest BCUT2D eigenvalue weighted by molar-refractivity contribution is 7.90. The van der Waals surface area contributed by atoms with E-state index in [-0.39, 0.29) is 10.5 Å². The fourth-order valence-corrected chi connectivity index (χ4v) is 3.14. The van der Waals surface area contributed by atoms with Crippen molar-refractivity contribution < 1.29 is 17.9 Å². The van der Waals surface area contributed by atoms with Crippen molar-refractivity contribution in [3.63, 3.8) is 0 Å². The molecule has 122 valence electrons. The highest BCUT2D eigenvalue weighted by Gasteiger charge is 2.19. The zero-order chi connectivity index (χ0) is 17.2. The van der Waals surface area contributed by atoms with E-state index in [1.54, 1.807) is 24.3 Å². The van der Waals surface area contributed by atoms with Gasteiger partial charge in [0, 0.05) is 5.56 Å². The van der Waals surface area contributed by atoms with Crippen LogP contribution in [0, 0.1) is 20.8 Å². The van der Waals surface area contributed by atoms with Crippen LogP contribution >= 0.6 is 0 Å². The van der Waals surface area contributed by atoms with Gasteiger partial charge < -0.3 is 4.74 Å². The molecule has 5 nitrogen and oxygen atoms in total. The highest BCUT2D eigenvalue weighted by atomic mass is 32.2. The van der Waals surface area contributed by atoms with Crippen molar-refractivity contribution in [2.24, 2.45) is 0 Å². The molecule has 23 heavy (non-hydrogen) atoms. The monoisotopic (exact) mass is 333 g/mol. The van der Waals surface area contributed by atoms with E-state index in [0.29, 0.717) is 5.75 Å². The third-order valence-corrected chi connectivity index (χ3v) is 5.01. The number of sulfonamides is 1. The zero-order valence-electron chi connectivity index (χ0n) is 13.5. The smallest absolute Gasteiger partial charge is 0.265 e. The van der Waals surface area contributed by atoms with Gasteiger partial charge in [0.1, 0.15) is 5.75 Å². The van der Waals surface area contributed by atoms with Crippen LogP contribution in [0.25, 0.3) is 0 Å². The molecular formula is C17H19NO4S. The van der Waals surface area contributed by atoms with E-state index in [4.69, 9.17) is 4.74 Å². The summed E-state index contributed by atoms with van der Waals surface area (Å²) in [5, 5.41) is 0. The Bertz CT molecular complexity index is 857. The first-order valence-electron chi connectivity index (χ1n) is 7.03. The SMILES string of the molecule is COc1cc(C(=O)NS(=O)(=O)c2ccc(C)c(C)c2)ccc1C. The molecule has 1 amide bonds. The lowest BCUT2D eigenvalue weighted by Gasteiger charge is -2.10. The number of rotatable bonds is 4. The van der Waals surface area contributed by atoms with Gasteiger partial charge in [-0.2, -0.15) is 0 Å². The molecule has 0 fully saturated rings. The number of amides is 1. The Morgan fingerprint density at radius 3 is 2.22 bits per heavy atom. The van der Waals surface area contributed by atoms with Crippen LogP contribution in [-0.4, -0.2) is 21.4 Å². The normalized spacial score (nSPS) is 11.1. The Kier molecular flexibility index (Phi) is 4.75. The summed E-state index contributed by atoms with van der Waals surface area (Å²) in [4.78, 5) is 12.3. The van der Waals surface area contributed by atoms with Crippen LogP contribution in [0.2, 0.25) is 0 Å². The topological polar surface area (TPSA) is 72.5 Å². The Hall–Kier alpha value is -2.34. The summed E-state index contributed by atoms with van der Waals surface area (Å²) in [5.74, 6) is -0.164. The van der Waals surface area contributed by atoms with E-state index >= 15 is 0 Å². The minimum atomic E-state index is -3.92. The molecule has 0 bridgehead atoms. The van der Waals surface area contributed by atoms with Gasteiger partial charge in [0.25, 0.3) is 15.9 Å². The van der Waals surface area contributed by atoms with Gasteiger partial charge >= 0.3 is 0 Å². The third-order valence-electron chi connectivity index (χ3n) is 3.69. The number of hydrogen-bond acceptors (Lipinski definition) is 4. The standard InChI is InChI=1S/C17H19NO4S/c1-11-6-8-15(9-13(11)3)23(20,21)18-17(19)14-7-5-12(2)16(10-14)22-4/h5-10H,1-4H3,(H,18,19). The minimum Gasteiger partial charge on any atom is -0.496 e. The largest absolute Gasteiger partial charge is 0.496 e. The molecule has 6 heteroatoms. The summed E-state index contributed by atoms with van der Waals surface area (Å²) in [6.45, 7) is 5.55. The molecule has 0 atom stereocenters. The first-order chi connectivity index (χ1) is 10.7. The lowest BCUT2D eigenvalue weighted by Crippen LogP contribution is -2.30. The highest BCUT2D eigenvalue weighted by Crippen LogP contribution is 2.20. The average molecular weight is 333 g/mol. The van der Waals surface area contributed by atoms with Crippen molar-refractivity contribution in [2.75, 3.05) is 7.11 Å². The van der Waals surface area contributed by atoms with Gasteiger partial charge in [-0.05, 0) is 61.7 Å². The number of hydrogen-bond donors (Lipinski definition) is 1. The van der Waals surface area contributed by atoms with E-state index in [1.165, 1.54) is 19.2 Å². The van der Waals surface area contributed by atoms with Crippen molar-refractivity contribution >= 4 is 15.9 Å².